The molecule has 1 unspecified atom stereocenters. The molecule has 2 rings (SSSR count). The van der Waals surface area contributed by atoms with Crippen LogP contribution >= 0.6 is 0 Å². The SMILES string of the molecule is CCCCC(CC)CNC(=O)c1cc(=O)c2ccccc2o1. The quantitative estimate of drug-likeness (QED) is 0.847. The van der Waals surface area contributed by atoms with Gasteiger partial charge in [-0.3, -0.25) is 9.59 Å². The largest absolute Gasteiger partial charge is 0.451 e. The average Bonchev–Trinajstić information content (AvgIpc) is 2.54. The van der Waals surface area contributed by atoms with E-state index in [1.165, 1.54) is 12.5 Å². The van der Waals surface area contributed by atoms with Crippen LogP contribution in [0.25, 0.3) is 11.0 Å². The number of amides is 1. The Morgan fingerprint density at radius 2 is 2.05 bits per heavy atom. The van der Waals surface area contributed by atoms with E-state index in [9.17, 15) is 9.59 Å². The number of carbonyl (C=O) groups excluding carboxylic acids is 1. The molecule has 0 radical (unpaired) electrons. The molecule has 1 N–H and O–H groups in total. The van der Waals surface area contributed by atoms with Crippen LogP contribution in [0, 0.1) is 5.92 Å². The Morgan fingerprint density at radius 1 is 1.27 bits per heavy atom. The molecule has 0 spiro atoms. The minimum Gasteiger partial charge on any atom is -0.451 e. The monoisotopic (exact) mass is 301 g/mol. The van der Waals surface area contributed by atoms with Crippen molar-refractivity contribution in [1.82, 2.24) is 5.32 Å². The van der Waals surface area contributed by atoms with Crippen LogP contribution < -0.4 is 10.7 Å². The van der Waals surface area contributed by atoms with Gasteiger partial charge in [-0.25, -0.2) is 0 Å². The summed E-state index contributed by atoms with van der Waals surface area (Å²) in [7, 11) is 0. The van der Waals surface area contributed by atoms with Crippen molar-refractivity contribution < 1.29 is 9.21 Å². The van der Waals surface area contributed by atoms with Gasteiger partial charge in [0.05, 0.1) is 5.39 Å². The van der Waals surface area contributed by atoms with Gasteiger partial charge in [0.25, 0.3) is 5.91 Å². The number of hydrogen-bond acceptors (Lipinski definition) is 3. The molecule has 0 bridgehead atoms. The molecule has 0 fully saturated rings. The summed E-state index contributed by atoms with van der Waals surface area (Å²) in [6.45, 7) is 4.91. The molecule has 1 heterocycles. The van der Waals surface area contributed by atoms with Gasteiger partial charge in [0.15, 0.2) is 11.2 Å². The summed E-state index contributed by atoms with van der Waals surface area (Å²) in [5.41, 5.74) is 0.253. The number of unbranched alkanes of at least 4 members (excludes halogenated alkanes) is 1. The lowest BCUT2D eigenvalue weighted by Gasteiger charge is -2.15. The molecule has 0 aliphatic heterocycles. The van der Waals surface area contributed by atoms with Crippen molar-refractivity contribution in [2.24, 2.45) is 5.92 Å². The van der Waals surface area contributed by atoms with E-state index >= 15 is 0 Å². The van der Waals surface area contributed by atoms with Gasteiger partial charge in [-0.15, -0.1) is 0 Å². The Morgan fingerprint density at radius 3 is 2.77 bits per heavy atom. The van der Waals surface area contributed by atoms with E-state index in [1.54, 1.807) is 24.3 Å². The van der Waals surface area contributed by atoms with Gasteiger partial charge in [-0.05, 0) is 24.5 Å². The van der Waals surface area contributed by atoms with Crippen molar-refractivity contribution in [3.05, 3.63) is 46.3 Å². The summed E-state index contributed by atoms with van der Waals surface area (Å²) >= 11 is 0. The lowest BCUT2D eigenvalue weighted by atomic mass is 9.99. The smallest absolute Gasteiger partial charge is 0.287 e. The Bertz CT molecular complexity index is 690. The summed E-state index contributed by atoms with van der Waals surface area (Å²) in [5, 5.41) is 3.37. The van der Waals surface area contributed by atoms with Crippen LogP contribution in [-0.4, -0.2) is 12.5 Å². The van der Waals surface area contributed by atoms with Gasteiger partial charge >= 0.3 is 0 Å². The number of benzene rings is 1. The fraction of sp³-hybridized carbons (Fsp3) is 0.444. The molecule has 118 valence electrons. The van der Waals surface area contributed by atoms with Crippen molar-refractivity contribution in [2.75, 3.05) is 6.54 Å². The third-order valence-corrected chi connectivity index (χ3v) is 3.95. The van der Waals surface area contributed by atoms with Crippen molar-refractivity contribution in [3.8, 4) is 0 Å². The summed E-state index contributed by atoms with van der Waals surface area (Å²) in [4.78, 5) is 24.2. The van der Waals surface area contributed by atoms with Gasteiger partial charge in [0.1, 0.15) is 5.58 Å². The van der Waals surface area contributed by atoms with Crippen LogP contribution in [-0.2, 0) is 0 Å². The van der Waals surface area contributed by atoms with E-state index in [0.29, 0.717) is 23.4 Å². The minimum atomic E-state index is -0.321. The lowest BCUT2D eigenvalue weighted by molar-refractivity contribution is 0.0918. The number of rotatable bonds is 7. The Labute approximate surface area is 130 Å². The van der Waals surface area contributed by atoms with Crippen molar-refractivity contribution in [3.63, 3.8) is 0 Å². The maximum atomic E-state index is 12.2. The number of para-hydroxylation sites is 1. The fourth-order valence-corrected chi connectivity index (χ4v) is 2.48. The first-order valence-corrected chi connectivity index (χ1v) is 7.96. The van der Waals surface area contributed by atoms with Crippen LogP contribution in [0.3, 0.4) is 0 Å². The highest BCUT2D eigenvalue weighted by Crippen LogP contribution is 2.13. The number of fused-ring (bicyclic) bond motifs is 1. The molecule has 22 heavy (non-hydrogen) atoms. The number of hydrogen-bond donors (Lipinski definition) is 1. The summed E-state index contributed by atoms with van der Waals surface area (Å²) in [6, 6.07) is 8.22. The van der Waals surface area contributed by atoms with E-state index in [-0.39, 0.29) is 17.1 Å². The molecule has 1 amide bonds. The predicted molar refractivity (Wildman–Crippen MR) is 88.1 cm³/mol. The first-order chi connectivity index (χ1) is 10.7. The fourth-order valence-electron chi connectivity index (χ4n) is 2.48. The molecule has 0 saturated heterocycles. The average molecular weight is 301 g/mol. The zero-order valence-corrected chi connectivity index (χ0v) is 13.2. The zero-order valence-electron chi connectivity index (χ0n) is 13.2. The third kappa shape index (κ3) is 3.97. The highest BCUT2D eigenvalue weighted by Gasteiger charge is 2.14. The summed E-state index contributed by atoms with van der Waals surface area (Å²) < 4.78 is 5.54. The Hall–Kier alpha value is -2.10. The molecule has 1 aromatic carbocycles. The van der Waals surface area contributed by atoms with Crippen molar-refractivity contribution in [1.29, 1.82) is 0 Å². The van der Waals surface area contributed by atoms with Crippen LogP contribution in [0.1, 0.15) is 50.1 Å². The topological polar surface area (TPSA) is 59.3 Å². The second-order valence-electron chi connectivity index (χ2n) is 5.60. The third-order valence-electron chi connectivity index (χ3n) is 3.95. The maximum absolute atomic E-state index is 12.2. The molecule has 4 heteroatoms. The molecule has 1 atom stereocenters. The van der Waals surface area contributed by atoms with Gasteiger partial charge in [0.2, 0.25) is 0 Å². The highest BCUT2D eigenvalue weighted by molar-refractivity contribution is 5.93. The summed E-state index contributed by atoms with van der Waals surface area (Å²) in [6.07, 6.45) is 4.46. The minimum absolute atomic E-state index is 0.0778. The van der Waals surface area contributed by atoms with E-state index in [4.69, 9.17) is 4.42 Å². The second kappa shape index (κ2) is 7.78. The van der Waals surface area contributed by atoms with Gasteiger partial charge in [-0.1, -0.05) is 45.2 Å². The van der Waals surface area contributed by atoms with Crippen LogP contribution in [0.5, 0.6) is 0 Å². The first kappa shape index (κ1) is 16.3. The van der Waals surface area contributed by atoms with Crippen LogP contribution in [0.4, 0.5) is 0 Å². The molecule has 1 aromatic heterocycles. The van der Waals surface area contributed by atoms with E-state index in [2.05, 4.69) is 19.2 Å². The Kier molecular flexibility index (Phi) is 5.75. The van der Waals surface area contributed by atoms with E-state index in [0.717, 1.165) is 19.3 Å². The first-order valence-electron chi connectivity index (χ1n) is 7.96. The van der Waals surface area contributed by atoms with Crippen molar-refractivity contribution >= 4 is 16.9 Å². The van der Waals surface area contributed by atoms with Gasteiger partial charge in [-0.2, -0.15) is 0 Å². The number of carbonyl (C=O) groups is 1. The van der Waals surface area contributed by atoms with E-state index < -0.39 is 0 Å². The predicted octanol–water partition coefficient (Wildman–Crippen LogP) is 3.74. The molecular formula is C18H23NO3. The Balaban J connectivity index is 2.08. The van der Waals surface area contributed by atoms with Crippen molar-refractivity contribution in [2.45, 2.75) is 39.5 Å². The van der Waals surface area contributed by atoms with Crippen LogP contribution in [0.2, 0.25) is 0 Å². The van der Waals surface area contributed by atoms with E-state index in [1.807, 2.05) is 0 Å². The molecule has 2 aromatic rings. The molecule has 4 nitrogen and oxygen atoms in total. The van der Waals surface area contributed by atoms with Gasteiger partial charge in [0, 0.05) is 12.6 Å². The maximum Gasteiger partial charge on any atom is 0.287 e. The molecule has 0 aliphatic rings. The van der Waals surface area contributed by atoms with Crippen LogP contribution in [0.15, 0.2) is 39.5 Å². The summed E-state index contributed by atoms with van der Waals surface area (Å²) in [5.74, 6) is 0.225. The number of nitrogens with one attached hydrogen (secondary N) is 1. The molecular weight excluding hydrogens is 278 g/mol. The lowest BCUT2D eigenvalue weighted by Crippen LogP contribution is -2.29. The standard InChI is InChI=1S/C18H23NO3/c1-3-5-8-13(4-2)12-19-18(21)17-11-15(20)14-9-6-7-10-16(14)22-17/h6-7,9-11,13H,3-5,8,12H2,1-2H3,(H,19,21). The molecule has 0 saturated carbocycles. The zero-order chi connectivity index (χ0) is 15.9. The normalized spacial score (nSPS) is 12.3. The molecule has 0 aliphatic carbocycles. The highest BCUT2D eigenvalue weighted by atomic mass is 16.3. The second-order valence-corrected chi connectivity index (χ2v) is 5.60. The van der Waals surface area contributed by atoms with Gasteiger partial charge < -0.3 is 9.73 Å².